The predicted molar refractivity (Wildman–Crippen MR) is 68.2 cm³/mol. The van der Waals surface area contributed by atoms with Crippen LogP contribution in [-0.4, -0.2) is 6.61 Å². The lowest BCUT2D eigenvalue weighted by atomic mass is 9.98. The van der Waals surface area contributed by atoms with Crippen LogP contribution in [0.5, 0.6) is 0 Å². The summed E-state index contributed by atoms with van der Waals surface area (Å²) in [5.74, 6) is -1.64. The highest BCUT2D eigenvalue weighted by Gasteiger charge is 2.18. The molecule has 19 heavy (non-hydrogen) atoms. The minimum absolute atomic E-state index is 0.108. The van der Waals surface area contributed by atoms with Crippen molar-refractivity contribution in [3.05, 3.63) is 59.7 Å². The number of hydrogen-bond acceptors (Lipinski definition) is 2. The number of hydrogen-bond donors (Lipinski definition) is 1. The fourth-order valence-corrected chi connectivity index (χ4v) is 2.28. The van der Waals surface area contributed by atoms with Crippen LogP contribution in [0.3, 0.4) is 0 Å². The van der Waals surface area contributed by atoms with Crippen LogP contribution in [0.4, 0.5) is 8.78 Å². The second kappa shape index (κ2) is 5.07. The normalized spacial score (nSPS) is 18.7. The van der Waals surface area contributed by atoms with Gasteiger partial charge in [0.15, 0.2) is 11.6 Å². The van der Waals surface area contributed by atoms with Crippen molar-refractivity contribution in [3.8, 4) is 11.1 Å². The molecule has 98 valence electrons. The van der Waals surface area contributed by atoms with Crippen molar-refractivity contribution in [2.24, 2.45) is 0 Å². The molecule has 0 aromatic heterocycles. The Hall–Kier alpha value is -1.78. The molecule has 0 bridgehead atoms. The third-order valence-corrected chi connectivity index (χ3v) is 3.29. The summed E-state index contributed by atoms with van der Waals surface area (Å²) in [6, 6.07) is 11.8. The van der Waals surface area contributed by atoms with Crippen LogP contribution in [0.1, 0.15) is 18.0 Å². The maximum Gasteiger partial charge on any atom is 0.166 e. The van der Waals surface area contributed by atoms with Crippen molar-refractivity contribution in [3.63, 3.8) is 0 Å². The Morgan fingerprint density at radius 2 is 1.95 bits per heavy atom. The SMILES string of the molecule is Fc1cccc(-c2cccc([C@H]3CCON3)c2)c1F. The van der Waals surface area contributed by atoms with Gasteiger partial charge in [-0.1, -0.05) is 30.3 Å². The highest BCUT2D eigenvalue weighted by molar-refractivity contribution is 5.65. The molecule has 1 aliphatic heterocycles. The van der Waals surface area contributed by atoms with Crippen LogP contribution in [0, 0.1) is 11.6 Å². The molecule has 0 amide bonds. The van der Waals surface area contributed by atoms with E-state index in [1.54, 1.807) is 12.1 Å². The molecule has 1 aliphatic rings. The highest BCUT2D eigenvalue weighted by atomic mass is 19.2. The predicted octanol–water partition coefficient (Wildman–Crippen LogP) is 3.60. The highest BCUT2D eigenvalue weighted by Crippen LogP contribution is 2.28. The number of rotatable bonds is 2. The van der Waals surface area contributed by atoms with Crippen LogP contribution in [0.15, 0.2) is 42.5 Å². The Balaban J connectivity index is 2.01. The van der Waals surface area contributed by atoms with Gasteiger partial charge < -0.3 is 4.84 Å². The van der Waals surface area contributed by atoms with Gasteiger partial charge in [0.1, 0.15) is 0 Å². The van der Waals surface area contributed by atoms with Crippen molar-refractivity contribution in [1.29, 1.82) is 0 Å². The molecule has 0 unspecified atom stereocenters. The van der Waals surface area contributed by atoms with Crippen LogP contribution < -0.4 is 5.48 Å². The van der Waals surface area contributed by atoms with Gasteiger partial charge in [-0.05, 0) is 29.7 Å². The fraction of sp³-hybridized carbons (Fsp3) is 0.200. The molecule has 1 heterocycles. The smallest absolute Gasteiger partial charge is 0.166 e. The standard InChI is InChI=1S/C15H13F2NO/c16-13-6-2-5-12(15(13)17)10-3-1-4-11(9-10)14-7-8-19-18-14/h1-6,9,14,18H,7-8H2/t14-/m1/s1. The monoisotopic (exact) mass is 261 g/mol. The van der Waals surface area contributed by atoms with Gasteiger partial charge in [-0.2, -0.15) is 5.48 Å². The molecule has 0 saturated carbocycles. The van der Waals surface area contributed by atoms with Crippen molar-refractivity contribution in [2.45, 2.75) is 12.5 Å². The minimum atomic E-state index is -0.828. The number of benzene rings is 2. The molecule has 0 aliphatic carbocycles. The minimum Gasteiger partial charge on any atom is -0.301 e. The number of nitrogens with one attached hydrogen (secondary N) is 1. The van der Waals surface area contributed by atoms with Crippen molar-refractivity contribution < 1.29 is 13.6 Å². The Morgan fingerprint density at radius 3 is 2.74 bits per heavy atom. The zero-order valence-corrected chi connectivity index (χ0v) is 10.2. The molecule has 1 N–H and O–H groups in total. The first-order valence-corrected chi connectivity index (χ1v) is 6.17. The molecule has 3 rings (SSSR count). The molecular formula is C15H13F2NO. The van der Waals surface area contributed by atoms with E-state index in [0.29, 0.717) is 12.2 Å². The van der Waals surface area contributed by atoms with Crippen molar-refractivity contribution in [1.82, 2.24) is 5.48 Å². The molecule has 2 nitrogen and oxygen atoms in total. The molecule has 0 radical (unpaired) electrons. The van der Waals surface area contributed by atoms with Gasteiger partial charge >= 0.3 is 0 Å². The Bertz CT molecular complexity index is 594. The van der Waals surface area contributed by atoms with E-state index < -0.39 is 11.6 Å². The molecule has 1 saturated heterocycles. The molecule has 4 heteroatoms. The van der Waals surface area contributed by atoms with Gasteiger partial charge in [-0.15, -0.1) is 0 Å². The van der Waals surface area contributed by atoms with E-state index in [0.717, 1.165) is 18.1 Å². The quantitative estimate of drug-likeness (QED) is 0.891. The molecule has 0 spiro atoms. The number of hydroxylamine groups is 1. The first kappa shape index (κ1) is 12.3. The molecule has 1 atom stereocenters. The van der Waals surface area contributed by atoms with Crippen LogP contribution in [0.2, 0.25) is 0 Å². The topological polar surface area (TPSA) is 21.3 Å². The van der Waals surface area contributed by atoms with Gasteiger partial charge in [0.05, 0.1) is 12.6 Å². The van der Waals surface area contributed by atoms with Crippen LogP contribution >= 0.6 is 0 Å². The average molecular weight is 261 g/mol. The first-order chi connectivity index (χ1) is 9.25. The van der Waals surface area contributed by atoms with Crippen molar-refractivity contribution in [2.75, 3.05) is 6.61 Å². The van der Waals surface area contributed by atoms with E-state index >= 15 is 0 Å². The van der Waals surface area contributed by atoms with E-state index in [1.807, 2.05) is 18.2 Å². The third kappa shape index (κ3) is 2.37. The summed E-state index contributed by atoms with van der Waals surface area (Å²) in [4.78, 5) is 5.12. The summed E-state index contributed by atoms with van der Waals surface area (Å²) in [6.45, 7) is 0.656. The van der Waals surface area contributed by atoms with Gasteiger partial charge in [0, 0.05) is 5.56 Å². The van der Waals surface area contributed by atoms with Crippen LogP contribution in [0.25, 0.3) is 11.1 Å². The Labute approximate surface area is 110 Å². The van der Waals surface area contributed by atoms with E-state index in [2.05, 4.69) is 5.48 Å². The van der Waals surface area contributed by atoms with E-state index in [-0.39, 0.29) is 11.6 Å². The maximum absolute atomic E-state index is 13.8. The summed E-state index contributed by atoms with van der Waals surface area (Å²) in [6.07, 6.45) is 0.870. The lowest BCUT2D eigenvalue weighted by Gasteiger charge is -2.11. The second-order valence-electron chi connectivity index (χ2n) is 4.53. The van der Waals surface area contributed by atoms with Crippen molar-refractivity contribution >= 4 is 0 Å². The summed E-state index contributed by atoms with van der Waals surface area (Å²) in [5.41, 5.74) is 4.87. The first-order valence-electron chi connectivity index (χ1n) is 6.17. The zero-order chi connectivity index (χ0) is 13.2. The number of halogens is 2. The largest absolute Gasteiger partial charge is 0.301 e. The van der Waals surface area contributed by atoms with Gasteiger partial charge in [-0.25, -0.2) is 8.78 Å². The van der Waals surface area contributed by atoms with Crippen LogP contribution in [-0.2, 0) is 4.84 Å². The Morgan fingerprint density at radius 1 is 1.11 bits per heavy atom. The van der Waals surface area contributed by atoms with Gasteiger partial charge in [0.25, 0.3) is 0 Å². The summed E-state index contributed by atoms with van der Waals surface area (Å²) in [5, 5.41) is 0. The van der Waals surface area contributed by atoms with E-state index in [4.69, 9.17) is 4.84 Å². The average Bonchev–Trinajstić information content (AvgIpc) is 2.96. The van der Waals surface area contributed by atoms with E-state index in [9.17, 15) is 8.78 Å². The summed E-state index contributed by atoms with van der Waals surface area (Å²) >= 11 is 0. The summed E-state index contributed by atoms with van der Waals surface area (Å²) < 4.78 is 27.0. The maximum atomic E-state index is 13.8. The van der Waals surface area contributed by atoms with E-state index in [1.165, 1.54) is 6.07 Å². The Kier molecular flexibility index (Phi) is 3.27. The van der Waals surface area contributed by atoms with Gasteiger partial charge in [0.2, 0.25) is 0 Å². The fourth-order valence-electron chi connectivity index (χ4n) is 2.28. The zero-order valence-electron chi connectivity index (χ0n) is 10.2. The third-order valence-electron chi connectivity index (χ3n) is 3.29. The lowest BCUT2D eigenvalue weighted by Crippen LogP contribution is -2.11. The second-order valence-corrected chi connectivity index (χ2v) is 4.53. The molecule has 1 fully saturated rings. The summed E-state index contributed by atoms with van der Waals surface area (Å²) in [7, 11) is 0. The molecule has 2 aromatic carbocycles. The van der Waals surface area contributed by atoms with Gasteiger partial charge in [-0.3, -0.25) is 0 Å². The molecular weight excluding hydrogens is 248 g/mol. The lowest BCUT2D eigenvalue weighted by molar-refractivity contribution is 0.0883. The molecule has 2 aromatic rings.